The number of fused-ring (bicyclic) bond motifs is 1. The SMILES string of the molecule is CCN(Cc1ccccc1)S(=O)(=O)c1ccc(Cc2ccc3oc(=O)cc(C(F)(F)F)c3c2)cc1. The number of rotatable bonds is 7. The molecule has 0 aliphatic carbocycles. The summed E-state index contributed by atoms with van der Waals surface area (Å²) in [6.45, 7) is 2.32. The molecule has 0 atom stereocenters. The van der Waals surface area contributed by atoms with Crippen LogP contribution in [0.3, 0.4) is 0 Å². The lowest BCUT2D eigenvalue weighted by molar-refractivity contribution is -0.136. The molecule has 1 aromatic heterocycles. The Labute approximate surface area is 200 Å². The van der Waals surface area contributed by atoms with Crippen LogP contribution in [0.2, 0.25) is 0 Å². The summed E-state index contributed by atoms with van der Waals surface area (Å²) < 4.78 is 72.7. The number of halogens is 3. The molecular weight excluding hydrogens is 479 g/mol. The van der Waals surface area contributed by atoms with Crippen LogP contribution < -0.4 is 5.63 Å². The van der Waals surface area contributed by atoms with Gasteiger partial charge in [0.15, 0.2) is 0 Å². The quantitative estimate of drug-likeness (QED) is 0.309. The van der Waals surface area contributed by atoms with E-state index in [-0.39, 0.29) is 28.8 Å². The summed E-state index contributed by atoms with van der Waals surface area (Å²) in [6, 6.07) is 20.3. The van der Waals surface area contributed by atoms with E-state index in [9.17, 15) is 26.4 Å². The smallest absolute Gasteiger partial charge is 0.417 e. The molecule has 4 rings (SSSR count). The fourth-order valence-corrected chi connectivity index (χ4v) is 5.31. The van der Waals surface area contributed by atoms with Crippen molar-refractivity contribution in [1.82, 2.24) is 4.31 Å². The van der Waals surface area contributed by atoms with Crippen molar-refractivity contribution in [3.8, 4) is 0 Å². The summed E-state index contributed by atoms with van der Waals surface area (Å²) in [7, 11) is -3.73. The van der Waals surface area contributed by atoms with Crippen molar-refractivity contribution in [2.24, 2.45) is 0 Å². The summed E-state index contributed by atoms with van der Waals surface area (Å²) in [5.41, 5.74) is -0.104. The lowest BCUT2D eigenvalue weighted by Crippen LogP contribution is -2.30. The molecule has 0 aliphatic rings. The van der Waals surface area contributed by atoms with Gasteiger partial charge in [-0.05, 0) is 47.4 Å². The van der Waals surface area contributed by atoms with E-state index in [2.05, 4.69) is 0 Å². The summed E-state index contributed by atoms with van der Waals surface area (Å²) in [5, 5.41) is -0.201. The van der Waals surface area contributed by atoms with E-state index in [1.54, 1.807) is 25.1 Å². The molecule has 0 bridgehead atoms. The highest BCUT2D eigenvalue weighted by Crippen LogP contribution is 2.34. The topological polar surface area (TPSA) is 67.6 Å². The van der Waals surface area contributed by atoms with Gasteiger partial charge in [-0.1, -0.05) is 55.5 Å². The first kappa shape index (κ1) is 24.7. The van der Waals surface area contributed by atoms with Crippen LogP contribution in [0.1, 0.15) is 29.2 Å². The summed E-state index contributed by atoms with van der Waals surface area (Å²) in [6.07, 6.45) is -4.43. The maximum absolute atomic E-state index is 13.4. The zero-order chi connectivity index (χ0) is 25.2. The average molecular weight is 502 g/mol. The Morgan fingerprint density at radius 3 is 2.14 bits per heavy atom. The Balaban J connectivity index is 1.58. The van der Waals surface area contributed by atoms with Crippen LogP contribution in [0.5, 0.6) is 0 Å². The van der Waals surface area contributed by atoms with E-state index in [0.717, 1.165) is 11.1 Å². The third-order valence-electron chi connectivity index (χ3n) is 5.64. The molecule has 0 unspecified atom stereocenters. The molecule has 9 heteroatoms. The van der Waals surface area contributed by atoms with Gasteiger partial charge in [-0.15, -0.1) is 0 Å². The highest BCUT2D eigenvalue weighted by atomic mass is 32.2. The van der Waals surface area contributed by atoms with E-state index in [4.69, 9.17) is 4.42 Å². The number of benzene rings is 3. The summed E-state index contributed by atoms with van der Waals surface area (Å²) in [4.78, 5) is 11.6. The van der Waals surface area contributed by atoms with Gasteiger partial charge in [0, 0.05) is 24.5 Å². The maximum Gasteiger partial charge on any atom is 0.417 e. The third-order valence-corrected chi connectivity index (χ3v) is 7.57. The largest absolute Gasteiger partial charge is 0.423 e. The minimum absolute atomic E-state index is 0.138. The maximum atomic E-state index is 13.4. The zero-order valence-electron chi connectivity index (χ0n) is 18.7. The molecule has 0 amide bonds. The van der Waals surface area contributed by atoms with E-state index in [0.29, 0.717) is 18.2 Å². The van der Waals surface area contributed by atoms with Gasteiger partial charge < -0.3 is 4.42 Å². The first-order chi connectivity index (χ1) is 16.6. The Morgan fingerprint density at radius 1 is 0.857 bits per heavy atom. The van der Waals surface area contributed by atoms with Gasteiger partial charge >= 0.3 is 11.8 Å². The van der Waals surface area contributed by atoms with Gasteiger partial charge in [0.05, 0.1) is 10.5 Å². The van der Waals surface area contributed by atoms with Gasteiger partial charge in [-0.2, -0.15) is 17.5 Å². The van der Waals surface area contributed by atoms with Gasteiger partial charge in [0.2, 0.25) is 10.0 Å². The second-order valence-electron chi connectivity index (χ2n) is 8.04. The molecule has 0 radical (unpaired) electrons. The molecule has 5 nitrogen and oxygen atoms in total. The molecule has 1 heterocycles. The number of nitrogens with zero attached hydrogens (tertiary/aromatic N) is 1. The summed E-state index contributed by atoms with van der Waals surface area (Å²) >= 11 is 0. The highest BCUT2D eigenvalue weighted by molar-refractivity contribution is 7.89. The van der Waals surface area contributed by atoms with Gasteiger partial charge in [-0.25, -0.2) is 13.2 Å². The van der Waals surface area contributed by atoms with Crippen LogP contribution >= 0.6 is 0 Å². The lowest BCUT2D eigenvalue weighted by atomic mass is 10.0. The predicted octanol–water partition coefficient (Wildman–Crippen LogP) is 5.61. The molecule has 182 valence electrons. The van der Waals surface area contributed by atoms with E-state index >= 15 is 0 Å². The molecule has 3 aromatic carbocycles. The molecule has 0 aliphatic heterocycles. The lowest BCUT2D eigenvalue weighted by Gasteiger charge is -2.21. The van der Waals surface area contributed by atoms with Gasteiger partial charge in [0.1, 0.15) is 5.58 Å². The van der Waals surface area contributed by atoms with Crippen LogP contribution in [0.15, 0.2) is 93.0 Å². The fourth-order valence-electron chi connectivity index (χ4n) is 3.87. The minimum atomic E-state index is -4.70. The molecule has 0 saturated heterocycles. The minimum Gasteiger partial charge on any atom is -0.423 e. The molecular formula is C26H22F3NO4S. The second-order valence-corrected chi connectivity index (χ2v) is 9.98. The first-order valence-electron chi connectivity index (χ1n) is 10.8. The number of hydrogen-bond donors (Lipinski definition) is 0. The van der Waals surface area contributed by atoms with E-state index in [1.807, 2.05) is 30.3 Å². The number of alkyl halides is 3. The van der Waals surface area contributed by atoms with Gasteiger partial charge in [0.25, 0.3) is 0 Å². The Bertz CT molecular complexity index is 1500. The Morgan fingerprint density at radius 2 is 1.51 bits per heavy atom. The van der Waals surface area contributed by atoms with Gasteiger partial charge in [-0.3, -0.25) is 0 Å². The number of hydrogen-bond acceptors (Lipinski definition) is 4. The van der Waals surface area contributed by atoms with E-state index in [1.165, 1.54) is 28.6 Å². The standard InChI is InChI=1S/C26H22F3NO4S/c1-2-30(17-19-6-4-3-5-7-19)35(32,33)21-11-8-18(9-12-21)14-20-10-13-24-22(15-20)23(26(27,28)29)16-25(31)34-24/h3-13,15-16H,2,14,17H2,1H3. The zero-order valence-corrected chi connectivity index (χ0v) is 19.6. The molecule has 0 N–H and O–H groups in total. The Kier molecular flexibility index (Phi) is 6.82. The normalized spacial score (nSPS) is 12.4. The van der Waals surface area contributed by atoms with E-state index < -0.39 is 27.4 Å². The third kappa shape index (κ3) is 5.47. The molecule has 35 heavy (non-hydrogen) atoms. The molecule has 0 spiro atoms. The fraction of sp³-hybridized carbons (Fsp3) is 0.192. The first-order valence-corrected chi connectivity index (χ1v) is 12.3. The van der Waals surface area contributed by atoms with Crippen molar-refractivity contribution in [2.75, 3.05) is 6.54 Å². The average Bonchev–Trinajstić information content (AvgIpc) is 2.82. The van der Waals surface area contributed by atoms with Crippen molar-refractivity contribution in [3.05, 3.63) is 112 Å². The second kappa shape index (κ2) is 9.67. The predicted molar refractivity (Wildman–Crippen MR) is 126 cm³/mol. The van der Waals surface area contributed by atoms with Crippen molar-refractivity contribution in [2.45, 2.75) is 31.0 Å². The van der Waals surface area contributed by atoms with Crippen LogP contribution in [0.25, 0.3) is 11.0 Å². The monoisotopic (exact) mass is 501 g/mol. The van der Waals surface area contributed by atoms with Crippen molar-refractivity contribution in [1.29, 1.82) is 0 Å². The molecule has 4 aromatic rings. The van der Waals surface area contributed by atoms with Crippen molar-refractivity contribution in [3.63, 3.8) is 0 Å². The molecule has 0 fully saturated rings. The highest BCUT2D eigenvalue weighted by Gasteiger charge is 2.34. The van der Waals surface area contributed by atoms with Crippen LogP contribution in [-0.2, 0) is 29.2 Å². The van der Waals surface area contributed by atoms with Crippen LogP contribution in [0.4, 0.5) is 13.2 Å². The Hall–Kier alpha value is -3.43. The molecule has 0 saturated carbocycles. The van der Waals surface area contributed by atoms with Crippen LogP contribution in [0, 0.1) is 0 Å². The summed E-state index contributed by atoms with van der Waals surface area (Å²) in [5.74, 6) is 0. The van der Waals surface area contributed by atoms with Crippen molar-refractivity contribution >= 4 is 21.0 Å². The number of sulfonamides is 1. The van der Waals surface area contributed by atoms with Crippen molar-refractivity contribution < 1.29 is 26.0 Å². The van der Waals surface area contributed by atoms with Crippen LogP contribution in [-0.4, -0.2) is 19.3 Å².